The van der Waals surface area contributed by atoms with E-state index in [4.69, 9.17) is 4.74 Å². The summed E-state index contributed by atoms with van der Waals surface area (Å²) in [6.45, 7) is 11.4. The van der Waals surface area contributed by atoms with Gasteiger partial charge < -0.3 is 4.74 Å². The molecule has 0 fully saturated rings. The zero-order valence-corrected chi connectivity index (χ0v) is 17.7. The van der Waals surface area contributed by atoms with Crippen molar-refractivity contribution < 1.29 is 14.5 Å². The fraction of sp³-hybridized carbons (Fsp3) is 0.364. The van der Waals surface area contributed by atoms with E-state index in [9.17, 15) is 14.9 Å². The molecule has 1 N–H and O–H groups in total. The van der Waals surface area contributed by atoms with Gasteiger partial charge in [0.1, 0.15) is 5.75 Å². The van der Waals surface area contributed by atoms with Gasteiger partial charge in [-0.3, -0.25) is 14.9 Å². The lowest BCUT2D eigenvalue weighted by molar-refractivity contribution is -0.385. The Labute approximate surface area is 170 Å². The molecular weight excluding hydrogens is 370 g/mol. The number of amides is 1. The topological polar surface area (TPSA) is 93.8 Å². The SMILES string of the molecule is CC(=NNC(=O)COc1c(C)cc([N+](=O)[O-])cc1C)c1ccc(C(C)(C)C)cc1. The average molecular weight is 397 g/mol. The second-order valence-electron chi connectivity index (χ2n) is 8.01. The van der Waals surface area contributed by atoms with Crippen LogP contribution in [-0.2, 0) is 10.2 Å². The number of non-ortho nitro benzene ring substituents is 1. The molecule has 0 unspecified atom stereocenters. The minimum Gasteiger partial charge on any atom is -0.483 e. The van der Waals surface area contributed by atoms with Crippen molar-refractivity contribution >= 4 is 17.3 Å². The Morgan fingerprint density at radius 1 is 1.14 bits per heavy atom. The summed E-state index contributed by atoms with van der Waals surface area (Å²) in [4.78, 5) is 22.5. The van der Waals surface area contributed by atoms with E-state index < -0.39 is 10.8 Å². The monoisotopic (exact) mass is 397 g/mol. The molecule has 7 nitrogen and oxygen atoms in total. The van der Waals surface area contributed by atoms with Gasteiger partial charge in [-0.15, -0.1) is 0 Å². The molecule has 0 saturated carbocycles. The highest BCUT2D eigenvalue weighted by Gasteiger charge is 2.15. The summed E-state index contributed by atoms with van der Waals surface area (Å²) in [6, 6.07) is 10.9. The van der Waals surface area contributed by atoms with Crippen LogP contribution in [0.15, 0.2) is 41.5 Å². The van der Waals surface area contributed by atoms with Gasteiger partial charge in [-0.25, -0.2) is 5.43 Å². The molecule has 0 aromatic heterocycles. The third-order valence-corrected chi connectivity index (χ3v) is 4.52. The van der Waals surface area contributed by atoms with Gasteiger partial charge in [0, 0.05) is 12.1 Å². The number of rotatable bonds is 6. The first-order valence-electron chi connectivity index (χ1n) is 9.31. The Bertz CT molecular complexity index is 919. The van der Waals surface area contributed by atoms with E-state index in [1.807, 2.05) is 19.1 Å². The van der Waals surface area contributed by atoms with Crippen LogP contribution in [0.2, 0.25) is 0 Å². The molecule has 0 radical (unpaired) electrons. The van der Waals surface area contributed by atoms with Crippen molar-refractivity contribution in [3.8, 4) is 5.75 Å². The van der Waals surface area contributed by atoms with Crippen molar-refractivity contribution in [2.75, 3.05) is 6.61 Å². The molecular formula is C22H27N3O4. The van der Waals surface area contributed by atoms with Crippen molar-refractivity contribution in [3.05, 3.63) is 68.8 Å². The van der Waals surface area contributed by atoms with E-state index in [1.54, 1.807) is 13.8 Å². The Morgan fingerprint density at radius 3 is 2.17 bits per heavy atom. The summed E-state index contributed by atoms with van der Waals surface area (Å²) in [5, 5.41) is 15.0. The fourth-order valence-electron chi connectivity index (χ4n) is 2.85. The fourth-order valence-corrected chi connectivity index (χ4v) is 2.85. The summed E-state index contributed by atoms with van der Waals surface area (Å²) in [5.74, 6) is 0.0528. The van der Waals surface area contributed by atoms with Crippen molar-refractivity contribution in [2.45, 2.75) is 47.0 Å². The number of ether oxygens (including phenoxy) is 1. The van der Waals surface area contributed by atoms with Crippen LogP contribution in [-0.4, -0.2) is 23.1 Å². The van der Waals surface area contributed by atoms with Crippen LogP contribution in [0.3, 0.4) is 0 Å². The number of hydrogen-bond donors (Lipinski definition) is 1. The molecule has 0 aliphatic rings. The Balaban J connectivity index is 1.98. The van der Waals surface area contributed by atoms with E-state index in [2.05, 4.69) is 43.4 Å². The second-order valence-corrected chi connectivity index (χ2v) is 8.01. The molecule has 1 amide bonds. The van der Waals surface area contributed by atoms with E-state index in [0.29, 0.717) is 22.6 Å². The van der Waals surface area contributed by atoms with Crippen molar-refractivity contribution in [2.24, 2.45) is 5.10 Å². The largest absolute Gasteiger partial charge is 0.483 e. The van der Waals surface area contributed by atoms with E-state index in [0.717, 1.165) is 5.56 Å². The van der Waals surface area contributed by atoms with Crippen LogP contribution in [0, 0.1) is 24.0 Å². The molecule has 0 aliphatic carbocycles. The number of nitro groups is 1. The first-order chi connectivity index (χ1) is 13.5. The smallest absolute Gasteiger partial charge is 0.277 e. The van der Waals surface area contributed by atoms with Crippen LogP contribution in [0.5, 0.6) is 5.75 Å². The van der Waals surface area contributed by atoms with Crippen molar-refractivity contribution in [1.82, 2.24) is 5.43 Å². The number of aryl methyl sites for hydroxylation is 2. The third-order valence-electron chi connectivity index (χ3n) is 4.52. The molecule has 0 bridgehead atoms. The number of benzene rings is 2. The molecule has 0 aliphatic heterocycles. The molecule has 0 saturated heterocycles. The highest BCUT2D eigenvalue weighted by molar-refractivity contribution is 5.99. The quantitative estimate of drug-likeness (QED) is 0.443. The maximum absolute atomic E-state index is 12.1. The molecule has 2 aromatic rings. The summed E-state index contributed by atoms with van der Waals surface area (Å²) in [6.07, 6.45) is 0. The summed E-state index contributed by atoms with van der Waals surface area (Å²) in [5.41, 5.74) is 6.57. The van der Waals surface area contributed by atoms with Crippen LogP contribution in [0.25, 0.3) is 0 Å². The predicted octanol–water partition coefficient (Wildman–Crippen LogP) is 4.43. The van der Waals surface area contributed by atoms with Crippen molar-refractivity contribution in [3.63, 3.8) is 0 Å². The third kappa shape index (κ3) is 5.88. The molecule has 154 valence electrons. The highest BCUT2D eigenvalue weighted by Crippen LogP contribution is 2.28. The molecule has 0 atom stereocenters. The second kappa shape index (κ2) is 8.86. The zero-order valence-electron chi connectivity index (χ0n) is 17.7. The number of nitrogens with one attached hydrogen (secondary N) is 1. The molecule has 29 heavy (non-hydrogen) atoms. The van der Waals surface area contributed by atoms with E-state index in [1.165, 1.54) is 17.7 Å². The van der Waals surface area contributed by atoms with Crippen molar-refractivity contribution in [1.29, 1.82) is 0 Å². The summed E-state index contributed by atoms with van der Waals surface area (Å²) in [7, 11) is 0. The zero-order chi connectivity index (χ0) is 21.8. The minimum atomic E-state index is -0.456. The lowest BCUT2D eigenvalue weighted by atomic mass is 9.86. The van der Waals surface area contributed by atoms with Gasteiger partial charge >= 0.3 is 0 Å². The number of hydrazone groups is 1. The van der Waals surface area contributed by atoms with Gasteiger partial charge in [0.05, 0.1) is 10.6 Å². The van der Waals surface area contributed by atoms with Crippen LogP contribution >= 0.6 is 0 Å². The summed E-state index contributed by atoms with van der Waals surface area (Å²) < 4.78 is 5.55. The highest BCUT2D eigenvalue weighted by atomic mass is 16.6. The van der Waals surface area contributed by atoms with E-state index in [-0.39, 0.29) is 17.7 Å². The maximum atomic E-state index is 12.1. The molecule has 0 spiro atoms. The van der Waals surface area contributed by atoms with Crippen LogP contribution in [0.4, 0.5) is 5.69 Å². The number of hydrogen-bond acceptors (Lipinski definition) is 5. The Morgan fingerprint density at radius 2 is 1.69 bits per heavy atom. The Kier molecular flexibility index (Phi) is 6.74. The number of carbonyl (C=O) groups is 1. The molecule has 0 heterocycles. The maximum Gasteiger partial charge on any atom is 0.277 e. The Hall–Kier alpha value is -3.22. The predicted molar refractivity (Wildman–Crippen MR) is 114 cm³/mol. The molecule has 7 heteroatoms. The number of carbonyl (C=O) groups excluding carboxylic acids is 1. The standard InChI is InChI=1S/C22H27N3O4/c1-14-11-19(25(27)28)12-15(2)21(14)29-13-20(26)24-23-16(3)17-7-9-18(10-8-17)22(4,5)6/h7-12H,13H2,1-6H3,(H,24,26). The first kappa shape index (κ1) is 22.1. The lowest BCUT2D eigenvalue weighted by Gasteiger charge is -2.19. The normalized spacial score (nSPS) is 11.9. The van der Waals surface area contributed by atoms with Gasteiger partial charge in [0.15, 0.2) is 6.61 Å². The molecule has 2 aromatic carbocycles. The van der Waals surface area contributed by atoms with Gasteiger partial charge in [-0.2, -0.15) is 5.10 Å². The summed E-state index contributed by atoms with van der Waals surface area (Å²) >= 11 is 0. The number of nitrogens with zero attached hydrogens (tertiary/aromatic N) is 2. The van der Waals surface area contributed by atoms with Gasteiger partial charge in [0.2, 0.25) is 0 Å². The minimum absolute atomic E-state index is 0.00509. The first-order valence-corrected chi connectivity index (χ1v) is 9.31. The number of nitro benzene ring substituents is 1. The van der Waals surface area contributed by atoms with Gasteiger partial charge in [0.25, 0.3) is 11.6 Å². The average Bonchev–Trinajstić information content (AvgIpc) is 2.64. The molecule has 2 rings (SSSR count). The van der Waals surface area contributed by atoms with E-state index >= 15 is 0 Å². The van der Waals surface area contributed by atoms with Crippen LogP contribution in [0.1, 0.15) is 49.9 Å². The van der Waals surface area contributed by atoms with Gasteiger partial charge in [-0.05, 0) is 48.4 Å². The van der Waals surface area contributed by atoms with Crippen LogP contribution < -0.4 is 10.2 Å². The lowest BCUT2D eigenvalue weighted by Crippen LogP contribution is -2.26. The van der Waals surface area contributed by atoms with Gasteiger partial charge in [-0.1, -0.05) is 45.0 Å².